The molecule has 2 N–H and O–H groups in total. The maximum absolute atomic E-state index is 6.08. The molecular formula is C15H16ClNO. The highest BCUT2D eigenvalue weighted by Gasteiger charge is 2.08. The van der Waals surface area contributed by atoms with Crippen LogP contribution in [0.2, 0.25) is 5.02 Å². The molecule has 0 aliphatic rings. The standard InChI is InChI=1S/C15H16ClNO/c1-11-5-2-3-8-15(11)18-10-14(17)12-6-4-7-13(16)9-12/h2-9,14H,10,17H2,1H3. The van der Waals surface area contributed by atoms with E-state index in [1.54, 1.807) is 0 Å². The van der Waals surface area contributed by atoms with Gasteiger partial charge in [-0.05, 0) is 36.2 Å². The van der Waals surface area contributed by atoms with E-state index in [4.69, 9.17) is 22.1 Å². The van der Waals surface area contributed by atoms with Gasteiger partial charge in [-0.25, -0.2) is 0 Å². The third-order valence-corrected chi connectivity index (χ3v) is 3.02. The van der Waals surface area contributed by atoms with Gasteiger partial charge in [0, 0.05) is 5.02 Å². The van der Waals surface area contributed by atoms with Crippen LogP contribution in [-0.4, -0.2) is 6.61 Å². The molecule has 94 valence electrons. The van der Waals surface area contributed by atoms with Crippen LogP contribution in [0, 0.1) is 6.92 Å². The first-order chi connectivity index (χ1) is 8.66. The molecule has 0 spiro atoms. The van der Waals surface area contributed by atoms with E-state index in [-0.39, 0.29) is 6.04 Å². The third kappa shape index (κ3) is 3.25. The molecule has 0 bridgehead atoms. The van der Waals surface area contributed by atoms with Crippen LogP contribution in [0.3, 0.4) is 0 Å². The van der Waals surface area contributed by atoms with Crippen molar-refractivity contribution in [2.45, 2.75) is 13.0 Å². The van der Waals surface area contributed by atoms with Crippen LogP contribution in [0.1, 0.15) is 17.2 Å². The smallest absolute Gasteiger partial charge is 0.122 e. The first-order valence-electron chi connectivity index (χ1n) is 5.86. The summed E-state index contributed by atoms with van der Waals surface area (Å²) in [4.78, 5) is 0. The summed E-state index contributed by atoms with van der Waals surface area (Å²) in [5, 5.41) is 0.693. The number of nitrogens with two attached hydrogens (primary N) is 1. The molecule has 0 aliphatic heterocycles. The van der Waals surface area contributed by atoms with Crippen LogP contribution in [-0.2, 0) is 0 Å². The number of halogens is 1. The summed E-state index contributed by atoms with van der Waals surface area (Å²) in [6.07, 6.45) is 0. The minimum atomic E-state index is -0.177. The molecule has 0 saturated carbocycles. The Bertz CT molecular complexity index is 527. The van der Waals surface area contributed by atoms with Gasteiger partial charge in [-0.1, -0.05) is 41.9 Å². The maximum atomic E-state index is 6.08. The van der Waals surface area contributed by atoms with E-state index in [0.717, 1.165) is 16.9 Å². The zero-order valence-electron chi connectivity index (χ0n) is 10.3. The fourth-order valence-electron chi connectivity index (χ4n) is 1.73. The molecular weight excluding hydrogens is 246 g/mol. The lowest BCUT2D eigenvalue weighted by molar-refractivity contribution is 0.289. The summed E-state index contributed by atoms with van der Waals surface area (Å²) < 4.78 is 5.72. The first kappa shape index (κ1) is 12.9. The summed E-state index contributed by atoms with van der Waals surface area (Å²) >= 11 is 5.93. The Hall–Kier alpha value is -1.51. The van der Waals surface area contributed by atoms with Gasteiger partial charge in [-0.15, -0.1) is 0 Å². The number of aryl methyl sites for hydroxylation is 1. The van der Waals surface area contributed by atoms with E-state index in [1.807, 2.05) is 55.5 Å². The van der Waals surface area contributed by atoms with Gasteiger partial charge in [0.2, 0.25) is 0 Å². The normalized spacial score (nSPS) is 12.2. The number of rotatable bonds is 4. The number of benzene rings is 2. The first-order valence-corrected chi connectivity index (χ1v) is 6.24. The Labute approximate surface area is 112 Å². The molecule has 0 radical (unpaired) electrons. The van der Waals surface area contributed by atoms with Crippen molar-refractivity contribution in [2.24, 2.45) is 5.73 Å². The molecule has 0 saturated heterocycles. The molecule has 0 aromatic heterocycles. The lowest BCUT2D eigenvalue weighted by Gasteiger charge is -2.15. The van der Waals surface area contributed by atoms with Crippen LogP contribution >= 0.6 is 11.6 Å². The average Bonchev–Trinajstić information content (AvgIpc) is 2.37. The largest absolute Gasteiger partial charge is 0.491 e. The molecule has 18 heavy (non-hydrogen) atoms. The lowest BCUT2D eigenvalue weighted by atomic mass is 10.1. The predicted molar refractivity (Wildman–Crippen MR) is 75.1 cm³/mol. The quantitative estimate of drug-likeness (QED) is 0.910. The van der Waals surface area contributed by atoms with Crippen molar-refractivity contribution in [3.63, 3.8) is 0 Å². The van der Waals surface area contributed by atoms with Crippen LogP contribution < -0.4 is 10.5 Å². The summed E-state index contributed by atoms with van der Waals surface area (Å²) in [6, 6.07) is 15.3. The monoisotopic (exact) mass is 261 g/mol. The van der Waals surface area contributed by atoms with Crippen molar-refractivity contribution >= 4 is 11.6 Å². The van der Waals surface area contributed by atoms with Crippen LogP contribution in [0.15, 0.2) is 48.5 Å². The highest BCUT2D eigenvalue weighted by Crippen LogP contribution is 2.20. The zero-order valence-corrected chi connectivity index (χ0v) is 11.0. The van der Waals surface area contributed by atoms with Gasteiger partial charge in [-0.3, -0.25) is 0 Å². The van der Waals surface area contributed by atoms with Gasteiger partial charge in [-0.2, -0.15) is 0 Å². The minimum absolute atomic E-state index is 0.177. The molecule has 0 heterocycles. The van der Waals surface area contributed by atoms with Crippen molar-refractivity contribution in [3.8, 4) is 5.75 Å². The molecule has 2 rings (SSSR count). The second-order valence-electron chi connectivity index (χ2n) is 4.24. The van der Waals surface area contributed by atoms with Gasteiger partial charge in [0.05, 0.1) is 6.04 Å². The van der Waals surface area contributed by atoms with Crippen molar-refractivity contribution in [1.29, 1.82) is 0 Å². The molecule has 0 amide bonds. The van der Waals surface area contributed by atoms with Crippen LogP contribution in [0.25, 0.3) is 0 Å². The van der Waals surface area contributed by atoms with Crippen molar-refractivity contribution in [3.05, 3.63) is 64.7 Å². The summed E-state index contributed by atoms with van der Waals surface area (Å²) in [6.45, 7) is 2.45. The Morgan fingerprint density at radius 3 is 2.67 bits per heavy atom. The summed E-state index contributed by atoms with van der Waals surface area (Å²) in [5.74, 6) is 0.870. The summed E-state index contributed by atoms with van der Waals surface area (Å²) in [7, 11) is 0. The number of hydrogen-bond acceptors (Lipinski definition) is 2. The molecule has 1 atom stereocenters. The van der Waals surface area contributed by atoms with Gasteiger partial charge < -0.3 is 10.5 Å². The Morgan fingerprint density at radius 1 is 1.17 bits per heavy atom. The van der Waals surface area contributed by atoms with E-state index >= 15 is 0 Å². The highest BCUT2D eigenvalue weighted by molar-refractivity contribution is 6.30. The second kappa shape index (κ2) is 5.89. The highest BCUT2D eigenvalue weighted by atomic mass is 35.5. The van der Waals surface area contributed by atoms with Crippen molar-refractivity contribution in [2.75, 3.05) is 6.61 Å². The number of ether oxygens (including phenoxy) is 1. The molecule has 2 aromatic carbocycles. The Balaban J connectivity index is 2.00. The van der Waals surface area contributed by atoms with Gasteiger partial charge >= 0.3 is 0 Å². The maximum Gasteiger partial charge on any atom is 0.122 e. The van der Waals surface area contributed by atoms with Gasteiger partial charge in [0.1, 0.15) is 12.4 Å². The van der Waals surface area contributed by atoms with E-state index in [2.05, 4.69) is 0 Å². The molecule has 2 nitrogen and oxygen atoms in total. The van der Waals surface area contributed by atoms with E-state index in [0.29, 0.717) is 11.6 Å². The SMILES string of the molecule is Cc1ccccc1OCC(N)c1cccc(Cl)c1. The second-order valence-corrected chi connectivity index (χ2v) is 4.67. The third-order valence-electron chi connectivity index (χ3n) is 2.79. The molecule has 1 unspecified atom stereocenters. The molecule has 0 aliphatic carbocycles. The zero-order chi connectivity index (χ0) is 13.0. The molecule has 2 aromatic rings. The van der Waals surface area contributed by atoms with E-state index in [1.165, 1.54) is 0 Å². The Kier molecular flexibility index (Phi) is 4.24. The average molecular weight is 262 g/mol. The van der Waals surface area contributed by atoms with E-state index in [9.17, 15) is 0 Å². The fraction of sp³-hybridized carbons (Fsp3) is 0.200. The number of hydrogen-bond donors (Lipinski definition) is 1. The predicted octanol–water partition coefficient (Wildman–Crippen LogP) is 3.73. The van der Waals surface area contributed by atoms with E-state index < -0.39 is 0 Å². The van der Waals surface area contributed by atoms with Gasteiger partial charge in [0.25, 0.3) is 0 Å². The number of para-hydroxylation sites is 1. The lowest BCUT2D eigenvalue weighted by Crippen LogP contribution is -2.19. The van der Waals surface area contributed by atoms with Crippen molar-refractivity contribution in [1.82, 2.24) is 0 Å². The van der Waals surface area contributed by atoms with Crippen LogP contribution in [0.4, 0.5) is 0 Å². The van der Waals surface area contributed by atoms with Gasteiger partial charge in [0.15, 0.2) is 0 Å². The van der Waals surface area contributed by atoms with Crippen molar-refractivity contribution < 1.29 is 4.74 Å². The fourth-order valence-corrected chi connectivity index (χ4v) is 1.93. The Morgan fingerprint density at radius 2 is 1.94 bits per heavy atom. The van der Waals surface area contributed by atoms with Crippen LogP contribution in [0.5, 0.6) is 5.75 Å². The minimum Gasteiger partial charge on any atom is -0.491 e. The summed E-state index contributed by atoms with van der Waals surface area (Å²) in [5.41, 5.74) is 8.17. The molecule has 3 heteroatoms. The topological polar surface area (TPSA) is 35.2 Å². The molecule has 0 fully saturated rings.